The summed E-state index contributed by atoms with van der Waals surface area (Å²) in [5, 5.41) is 2.86. The van der Waals surface area contributed by atoms with E-state index < -0.39 is 15.3 Å². The van der Waals surface area contributed by atoms with Crippen LogP contribution in [0.3, 0.4) is 0 Å². The van der Waals surface area contributed by atoms with Crippen LogP contribution in [0.1, 0.15) is 26.7 Å². The summed E-state index contributed by atoms with van der Waals surface area (Å²) in [6.07, 6.45) is 1.02. The zero-order valence-corrected chi connectivity index (χ0v) is 10.6. The SMILES string of the molecule is CC(C)(CN)C(=O)NC1CCS(=O)(=O)CC1. The number of amides is 1. The quantitative estimate of drug-likeness (QED) is 0.715. The summed E-state index contributed by atoms with van der Waals surface area (Å²) in [6, 6.07) is -0.0261. The van der Waals surface area contributed by atoms with E-state index >= 15 is 0 Å². The van der Waals surface area contributed by atoms with Crippen LogP contribution >= 0.6 is 0 Å². The predicted octanol–water partition coefficient (Wildman–Crippen LogP) is -0.335. The van der Waals surface area contributed by atoms with Gasteiger partial charge in [0.15, 0.2) is 0 Å². The zero-order chi connectivity index (χ0) is 12.4. The van der Waals surface area contributed by atoms with E-state index in [1.165, 1.54) is 0 Å². The third-order valence-corrected chi connectivity index (χ3v) is 4.73. The summed E-state index contributed by atoms with van der Waals surface area (Å²) >= 11 is 0. The van der Waals surface area contributed by atoms with Crippen molar-refractivity contribution in [3.63, 3.8) is 0 Å². The molecule has 1 saturated heterocycles. The van der Waals surface area contributed by atoms with Crippen LogP contribution in [-0.4, -0.2) is 38.4 Å². The molecular formula is C10H20N2O3S. The fourth-order valence-corrected chi connectivity index (χ4v) is 3.00. The molecule has 0 bridgehead atoms. The van der Waals surface area contributed by atoms with Gasteiger partial charge < -0.3 is 11.1 Å². The number of sulfone groups is 1. The summed E-state index contributed by atoms with van der Waals surface area (Å²) in [6.45, 7) is 3.84. The molecule has 1 rings (SSSR count). The van der Waals surface area contributed by atoms with Crippen molar-refractivity contribution in [2.75, 3.05) is 18.1 Å². The molecule has 0 saturated carbocycles. The number of nitrogens with two attached hydrogens (primary N) is 1. The van der Waals surface area contributed by atoms with Gasteiger partial charge in [0.1, 0.15) is 9.84 Å². The van der Waals surface area contributed by atoms with E-state index in [0.29, 0.717) is 12.8 Å². The van der Waals surface area contributed by atoms with Crippen molar-refractivity contribution in [1.82, 2.24) is 5.32 Å². The number of nitrogens with one attached hydrogen (secondary N) is 1. The highest BCUT2D eigenvalue weighted by molar-refractivity contribution is 7.91. The van der Waals surface area contributed by atoms with E-state index in [1.807, 2.05) is 0 Å². The van der Waals surface area contributed by atoms with Crippen molar-refractivity contribution >= 4 is 15.7 Å². The van der Waals surface area contributed by atoms with Crippen molar-refractivity contribution in [3.05, 3.63) is 0 Å². The summed E-state index contributed by atoms with van der Waals surface area (Å²) in [5.41, 5.74) is 4.91. The molecule has 0 aromatic carbocycles. The van der Waals surface area contributed by atoms with Gasteiger partial charge in [-0.25, -0.2) is 8.42 Å². The Labute approximate surface area is 96.7 Å². The number of hydrogen-bond donors (Lipinski definition) is 2. The lowest BCUT2D eigenvalue weighted by molar-refractivity contribution is -0.129. The molecule has 0 unspecified atom stereocenters. The van der Waals surface area contributed by atoms with Crippen LogP contribution in [0.5, 0.6) is 0 Å². The van der Waals surface area contributed by atoms with Crippen LogP contribution < -0.4 is 11.1 Å². The van der Waals surface area contributed by atoms with E-state index in [1.54, 1.807) is 13.8 Å². The van der Waals surface area contributed by atoms with Gasteiger partial charge in [0.25, 0.3) is 0 Å². The zero-order valence-electron chi connectivity index (χ0n) is 9.82. The molecule has 1 heterocycles. The molecule has 16 heavy (non-hydrogen) atoms. The highest BCUT2D eigenvalue weighted by atomic mass is 32.2. The van der Waals surface area contributed by atoms with Crippen molar-refractivity contribution < 1.29 is 13.2 Å². The monoisotopic (exact) mass is 248 g/mol. The molecule has 1 amide bonds. The Bertz CT molecular complexity index is 348. The molecular weight excluding hydrogens is 228 g/mol. The molecule has 5 nitrogen and oxygen atoms in total. The van der Waals surface area contributed by atoms with Gasteiger partial charge >= 0.3 is 0 Å². The summed E-state index contributed by atoms with van der Waals surface area (Å²) < 4.78 is 22.4. The smallest absolute Gasteiger partial charge is 0.227 e. The van der Waals surface area contributed by atoms with Crippen LogP contribution in [0.2, 0.25) is 0 Å². The van der Waals surface area contributed by atoms with Crippen molar-refractivity contribution in [1.29, 1.82) is 0 Å². The van der Waals surface area contributed by atoms with Crippen LogP contribution in [0, 0.1) is 5.41 Å². The molecule has 0 aromatic rings. The largest absolute Gasteiger partial charge is 0.353 e. The first-order chi connectivity index (χ1) is 7.27. The lowest BCUT2D eigenvalue weighted by atomic mass is 9.92. The van der Waals surface area contributed by atoms with E-state index in [9.17, 15) is 13.2 Å². The standard InChI is InChI=1S/C10H20N2O3S/c1-10(2,7-11)9(13)12-8-3-5-16(14,15)6-4-8/h8H,3-7,11H2,1-2H3,(H,12,13). The lowest BCUT2D eigenvalue weighted by Gasteiger charge is -2.28. The molecule has 6 heteroatoms. The molecule has 1 aliphatic heterocycles. The maximum Gasteiger partial charge on any atom is 0.227 e. The maximum absolute atomic E-state index is 11.8. The van der Waals surface area contributed by atoms with E-state index in [4.69, 9.17) is 5.73 Å². The summed E-state index contributed by atoms with van der Waals surface area (Å²) in [5.74, 6) is 0.237. The van der Waals surface area contributed by atoms with E-state index in [0.717, 1.165) is 0 Å². The van der Waals surface area contributed by atoms with Gasteiger partial charge in [-0.1, -0.05) is 0 Å². The Morgan fingerprint density at radius 3 is 2.31 bits per heavy atom. The van der Waals surface area contributed by atoms with Crippen molar-refractivity contribution in [2.24, 2.45) is 11.1 Å². The third-order valence-electron chi connectivity index (χ3n) is 3.01. The van der Waals surface area contributed by atoms with E-state index in [-0.39, 0.29) is 30.0 Å². The van der Waals surface area contributed by atoms with Crippen LogP contribution in [0.4, 0.5) is 0 Å². The highest BCUT2D eigenvalue weighted by Crippen LogP contribution is 2.16. The third kappa shape index (κ3) is 3.45. The van der Waals surface area contributed by atoms with Gasteiger partial charge in [0.2, 0.25) is 5.91 Å². The first-order valence-corrected chi connectivity index (χ1v) is 7.30. The number of rotatable bonds is 3. The molecule has 0 aliphatic carbocycles. The van der Waals surface area contributed by atoms with Crippen LogP contribution in [-0.2, 0) is 14.6 Å². The second-order valence-electron chi connectivity index (χ2n) is 4.99. The summed E-state index contributed by atoms with van der Waals surface area (Å²) in [4.78, 5) is 11.8. The Morgan fingerprint density at radius 1 is 1.38 bits per heavy atom. The number of carbonyl (C=O) groups is 1. The van der Waals surface area contributed by atoms with Gasteiger partial charge in [0, 0.05) is 12.6 Å². The molecule has 0 radical (unpaired) electrons. The number of hydrogen-bond acceptors (Lipinski definition) is 4. The van der Waals surface area contributed by atoms with Crippen molar-refractivity contribution in [2.45, 2.75) is 32.7 Å². The molecule has 0 spiro atoms. The molecule has 1 aliphatic rings. The van der Waals surface area contributed by atoms with Gasteiger partial charge in [-0.15, -0.1) is 0 Å². The number of carbonyl (C=O) groups excluding carboxylic acids is 1. The first-order valence-electron chi connectivity index (χ1n) is 5.48. The maximum atomic E-state index is 11.8. The Kier molecular flexibility index (Phi) is 3.96. The van der Waals surface area contributed by atoms with Crippen molar-refractivity contribution in [3.8, 4) is 0 Å². The minimum absolute atomic E-state index is 0.0261. The van der Waals surface area contributed by atoms with Crippen LogP contribution in [0.25, 0.3) is 0 Å². The fourth-order valence-electron chi connectivity index (χ4n) is 1.51. The topological polar surface area (TPSA) is 89.3 Å². The summed E-state index contributed by atoms with van der Waals surface area (Å²) in [7, 11) is -2.87. The first kappa shape index (κ1) is 13.4. The Balaban J connectivity index is 2.49. The highest BCUT2D eigenvalue weighted by Gasteiger charge is 2.30. The van der Waals surface area contributed by atoms with Gasteiger partial charge in [-0.2, -0.15) is 0 Å². The molecule has 94 valence electrons. The normalized spacial score (nSPS) is 21.7. The molecule has 0 atom stereocenters. The second-order valence-corrected chi connectivity index (χ2v) is 7.29. The lowest BCUT2D eigenvalue weighted by Crippen LogP contribution is -2.48. The van der Waals surface area contributed by atoms with Gasteiger partial charge in [-0.05, 0) is 26.7 Å². The minimum Gasteiger partial charge on any atom is -0.353 e. The molecule has 0 aromatic heterocycles. The molecule has 3 N–H and O–H groups in total. The fraction of sp³-hybridized carbons (Fsp3) is 0.900. The predicted molar refractivity (Wildman–Crippen MR) is 62.7 cm³/mol. The van der Waals surface area contributed by atoms with Crippen LogP contribution in [0.15, 0.2) is 0 Å². The molecule has 1 fully saturated rings. The minimum atomic E-state index is -2.87. The van der Waals surface area contributed by atoms with Gasteiger partial charge in [0.05, 0.1) is 16.9 Å². The Morgan fingerprint density at radius 2 is 1.88 bits per heavy atom. The second kappa shape index (κ2) is 4.71. The Hall–Kier alpha value is -0.620. The average Bonchev–Trinajstić information content (AvgIpc) is 2.21. The van der Waals surface area contributed by atoms with Gasteiger partial charge in [-0.3, -0.25) is 4.79 Å². The average molecular weight is 248 g/mol. The van der Waals surface area contributed by atoms with E-state index in [2.05, 4.69) is 5.32 Å².